The summed E-state index contributed by atoms with van der Waals surface area (Å²) in [6, 6.07) is 4.57. The van der Waals surface area contributed by atoms with Gasteiger partial charge in [-0.1, -0.05) is 13.8 Å². The van der Waals surface area contributed by atoms with Gasteiger partial charge in [-0.15, -0.1) is 0 Å². The first kappa shape index (κ1) is 13.5. The highest BCUT2D eigenvalue weighted by Gasteiger charge is 2.14. The van der Waals surface area contributed by atoms with Crippen LogP contribution in [0.5, 0.6) is 0 Å². The Morgan fingerprint density at radius 2 is 1.84 bits per heavy atom. The molecule has 0 bridgehead atoms. The maximum Gasteiger partial charge on any atom is 0.162 e. The lowest BCUT2D eigenvalue weighted by atomic mass is 10.0. The molecule has 0 unspecified atom stereocenters. The van der Waals surface area contributed by atoms with Crippen LogP contribution in [-0.4, -0.2) is 9.97 Å². The lowest BCUT2D eigenvalue weighted by Gasteiger charge is -2.14. The third kappa shape index (κ3) is 2.57. The Kier molecular flexibility index (Phi) is 3.51. The van der Waals surface area contributed by atoms with Crippen LogP contribution in [0.4, 0.5) is 10.2 Å². The van der Waals surface area contributed by atoms with Crippen LogP contribution in [0.25, 0.3) is 11.4 Å². The number of hydrogen-bond donors (Lipinski definition) is 1. The van der Waals surface area contributed by atoms with Gasteiger partial charge >= 0.3 is 0 Å². The molecule has 0 fully saturated rings. The van der Waals surface area contributed by atoms with Gasteiger partial charge in [0.15, 0.2) is 5.82 Å². The first-order valence-corrected chi connectivity index (χ1v) is 6.30. The van der Waals surface area contributed by atoms with Crippen molar-refractivity contribution in [2.75, 3.05) is 5.73 Å². The van der Waals surface area contributed by atoms with E-state index >= 15 is 0 Å². The lowest BCUT2D eigenvalue weighted by molar-refractivity contribution is 0.627. The molecule has 100 valence electrons. The van der Waals surface area contributed by atoms with E-state index in [4.69, 9.17) is 5.73 Å². The molecule has 2 aromatic rings. The molecule has 0 aliphatic heterocycles. The summed E-state index contributed by atoms with van der Waals surface area (Å²) in [5.74, 6) is 1.08. The first-order chi connectivity index (χ1) is 8.90. The third-order valence-electron chi connectivity index (χ3n) is 3.17. The number of hydrogen-bond acceptors (Lipinski definition) is 3. The van der Waals surface area contributed by atoms with Crippen molar-refractivity contribution in [1.29, 1.82) is 0 Å². The molecule has 0 spiro atoms. The second-order valence-electron chi connectivity index (χ2n) is 5.05. The van der Waals surface area contributed by atoms with Gasteiger partial charge in [0.1, 0.15) is 11.6 Å². The maximum absolute atomic E-state index is 13.1. The molecular weight excluding hydrogens is 241 g/mol. The zero-order chi connectivity index (χ0) is 14.2. The second kappa shape index (κ2) is 4.96. The van der Waals surface area contributed by atoms with E-state index in [0.29, 0.717) is 11.6 Å². The van der Waals surface area contributed by atoms with Crippen LogP contribution < -0.4 is 5.73 Å². The molecule has 2 rings (SSSR count). The van der Waals surface area contributed by atoms with Crippen LogP contribution >= 0.6 is 0 Å². The van der Waals surface area contributed by atoms with Gasteiger partial charge in [-0.25, -0.2) is 14.4 Å². The molecule has 19 heavy (non-hydrogen) atoms. The lowest BCUT2D eigenvalue weighted by Crippen LogP contribution is -2.07. The Balaban J connectivity index is 2.58. The Hall–Kier alpha value is -1.97. The molecular formula is C15H18FN3. The van der Waals surface area contributed by atoms with Crippen molar-refractivity contribution in [1.82, 2.24) is 9.97 Å². The summed E-state index contributed by atoms with van der Waals surface area (Å²) in [4.78, 5) is 8.86. The van der Waals surface area contributed by atoms with Crippen molar-refractivity contribution in [3.8, 4) is 11.4 Å². The summed E-state index contributed by atoms with van der Waals surface area (Å²) in [6.45, 7) is 7.88. The van der Waals surface area contributed by atoms with Gasteiger partial charge in [-0.3, -0.25) is 0 Å². The molecule has 0 saturated carbocycles. The fraction of sp³-hybridized carbons (Fsp3) is 0.333. The standard InChI is InChI=1S/C15H18FN3/c1-8(2)13-10(4)18-15(19-14(13)17)12-6-5-11(16)7-9(12)3/h5-8H,1-4H3,(H2,17,18,19). The molecule has 1 aromatic heterocycles. The van der Waals surface area contributed by atoms with E-state index in [2.05, 4.69) is 23.8 Å². The zero-order valence-electron chi connectivity index (χ0n) is 11.7. The Bertz CT molecular complexity index is 598. The Morgan fingerprint density at radius 1 is 1.16 bits per heavy atom. The highest BCUT2D eigenvalue weighted by Crippen LogP contribution is 2.27. The molecule has 0 radical (unpaired) electrons. The van der Waals surface area contributed by atoms with Gasteiger partial charge in [-0.2, -0.15) is 0 Å². The van der Waals surface area contributed by atoms with Crippen LogP contribution in [-0.2, 0) is 0 Å². The number of nitrogens with two attached hydrogens (primary N) is 1. The highest BCUT2D eigenvalue weighted by atomic mass is 19.1. The van der Waals surface area contributed by atoms with Crippen LogP contribution in [0.2, 0.25) is 0 Å². The van der Waals surface area contributed by atoms with E-state index in [1.165, 1.54) is 12.1 Å². The monoisotopic (exact) mass is 259 g/mol. The van der Waals surface area contributed by atoms with E-state index in [1.807, 2.05) is 13.8 Å². The van der Waals surface area contributed by atoms with Crippen LogP contribution in [0.15, 0.2) is 18.2 Å². The third-order valence-corrected chi connectivity index (χ3v) is 3.17. The van der Waals surface area contributed by atoms with Crippen LogP contribution in [0.1, 0.15) is 36.6 Å². The Morgan fingerprint density at radius 3 is 2.37 bits per heavy atom. The van der Waals surface area contributed by atoms with Gasteiger partial charge in [-0.05, 0) is 43.5 Å². The molecule has 0 saturated heterocycles. The quantitative estimate of drug-likeness (QED) is 0.896. The number of aryl methyl sites for hydroxylation is 2. The zero-order valence-corrected chi connectivity index (χ0v) is 11.7. The van der Waals surface area contributed by atoms with Gasteiger partial charge in [0.2, 0.25) is 0 Å². The van der Waals surface area contributed by atoms with Crippen LogP contribution in [0.3, 0.4) is 0 Å². The molecule has 4 heteroatoms. The predicted octanol–water partition coefficient (Wildman–Crippen LogP) is 3.61. The molecule has 2 N–H and O–H groups in total. The summed E-state index contributed by atoms with van der Waals surface area (Å²) in [5.41, 5.74) is 9.48. The van der Waals surface area contributed by atoms with E-state index in [1.54, 1.807) is 6.07 Å². The average molecular weight is 259 g/mol. The molecule has 0 atom stereocenters. The van der Waals surface area contributed by atoms with Gasteiger partial charge < -0.3 is 5.73 Å². The van der Waals surface area contributed by atoms with Crippen molar-refractivity contribution in [2.45, 2.75) is 33.6 Å². The van der Waals surface area contributed by atoms with E-state index in [9.17, 15) is 4.39 Å². The SMILES string of the molecule is Cc1cc(F)ccc1-c1nc(C)c(C(C)C)c(N)n1. The number of nitrogens with zero attached hydrogens (tertiary/aromatic N) is 2. The number of benzene rings is 1. The summed E-state index contributed by atoms with van der Waals surface area (Å²) in [6.07, 6.45) is 0. The fourth-order valence-corrected chi connectivity index (χ4v) is 2.32. The van der Waals surface area contributed by atoms with Crippen molar-refractivity contribution in [3.63, 3.8) is 0 Å². The smallest absolute Gasteiger partial charge is 0.162 e. The number of nitrogen functional groups attached to an aromatic ring is 1. The molecule has 1 aromatic carbocycles. The van der Waals surface area contributed by atoms with Crippen molar-refractivity contribution in [3.05, 3.63) is 40.8 Å². The minimum atomic E-state index is -0.259. The highest BCUT2D eigenvalue weighted by molar-refractivity contribution is 5.62. The molecule has 3 nitrogen and oxygen atoms in total. The predicted molar refractivity (Wildman–Crippen MR) is 75.4 cm³/mol. The van der Waals surface area contributed by atoms with E-state index in [-0.39, 0.29) is 11.7 Å². The minimum Gasteiger partial charge on any atom is -0.383 e. The van der Waals surface area contributed by atoms with Gasteiger partial charge in [0.05, 0.1) is 0 Å². The largest absolute Gasteiger partial charge is 0.383 e. The van der Waals surface area contributed by atoms with E-state index < -0.39 is 0 Å². The second-order valence-corrected chi connectivity index (χ2v) is 5.05. The summed E-state index contributed by atoms with van der Waals surface area (Å²) >= 11 is 0. The summed E-state index contributed by atoms with van der Waals surface area (Å²) in [7, 11) is 0. The van der Waals surface area contributed by atoms with Crippen LogP contribution in [0, 0.1) is 19.7 Å². The summed E-state index contributed by atoms with van der Waals surface area (Å²) < 4.78 is 13.1. The van der Waals surface area contributed by atoms with Crippen molar-refractivity contribution >= 4 is 5.82 Å². The molecule has 1 heterocycles. The Labute approximate surface area is 112 Å². The minimum absolute atomic E-state index is 0.259. The number of anilines is 1. The average Bonchev–Trinajstić information content (AvgIpc) is 2.26. The van der Waals surface area contributed by atoms with Gasteiger partial charge in [0, 0.05) is 16.8 Å². The maximum atomic E-state index is 13.1. The molecule has 0 aliphatic carbocycles. The summed E-state index contributed by atoms with van der Waals surface area (Å²) in [5, 5.41) is 0. The first-order valence-electron chi connectivity index (χ1n) is 6.30. The van der Waals surface area contributed by atoms with Gasteiger partial charge in [0.25, 0.3) is 0 Å². The van der Waals surface area contributed by atoms with Crippen molar-refractivity contribution < 1.29 is 4.39 Å². The number of aromatic nitrogens is 2. The van der Waals surface area contributed by atoms with Crippen molar-refractivity contribution in [2.24, 2.45) is 0 Å². The van der Waals surface area contributed by atoms with E-state index in [0.717, 1.165) is 22.4 Å². The number of rotatable bonds is 2. The normalized spacial score (nSPS) is 11.1. The molecule has 0 aliphatic rings. The topological polar surface area (TPSA) is 51.8 Å². The number of halogens is 1. The fourth-order valence-electron chi connectivity index (χ4n) is 2.32. The molecule has 0 amide bonds.